The Morgan fingerprint density at radius 1 is 0.889 bits per heavy atom. The van der Waals surface area contributed by atoms with Crippen LogP contribution in [0.15, 0.2) is 60.7 Å². The molecule has 0 bridgehead atoms. The van der Waals surface area contributed by atoms with Crippen LogP contribution in [0.25, 0.3) is 11.3 Å². The summed E-state index contributed by atoms with van der Waals surface area (Å²) in [5, 5.41) is 3.28. The van der Waals surface area contributed by atoms with E-state index in [9.17, 15) is 0 Å². The number of piperazine rings is 1. The molecule has 3 N–H and O–H groups in total. The second-order valence-electron chi connectivity index (χ2n) is 6.82. The Bertz CT molecular complexity index is 886. The molecule has 0 spiro atoms. The molecule has 0 unspecified atom stereocenters. The number of nitrogens with one attached hydrogen (secondary N) is 1. The number of aromatic nitrogens is 2. The number of nitrogens with zero attached hydrogens (tertiary/aromatic N) is 4. The van der Waals surface area contributed by atoms with Gasteiger partial charge in [-0.1, -0.05) is 30.3 Å². The Hall–Kier alpha value is -3.12. The Morgan fingerprint density at radius 3 is 2.30 bits per heavy atom. The molecule has 1 aliphatic heterocycles. The molecule has 0 radical (unpaired) electrons. The predicted molar refractivity (Wildman–Crippen MR) is 111 cm³/mol. The van der Waals surface area contributed by atoms with E-state index < -0.39 is 0 Å². The lowest BCUT2D eigenvalue weighted by molar-refractivity contribution is 0.313. The SMILES string of the molecule is CN1CCN(c2ccc(-c3cc(Nc4ccccc4)nc(N)n3)cc2)CC1. The highest BCUT2D eigenvalue weighted by Crippen LogP contribution is 2.25. The summed E-state index contributed by atoms with van der Waals surface area (Å²) in [7, 11) is 2.17. The zero-order chi connectivity index (χ0) is 18.6. The van der Waals surface area contributed by atoms with Crippen molar-refractivity contribution in [3.63, 3.8) is 0 Å². The van der Waals surface area contributed by atoms with Crippen molar-refractivity contribution >= 4 is 23.1 Å². The van der Waals surface area contributed by atoms with Gasteiger partial charge < -0.3 is 20.9 Å². The highest BCUT2D eigenvalue weighted by Gasteiger charge is 2.14. The van der Waals surface area contributed by atoms with E-state index in [1.807, 2.05) is 36.4 Å². The number of likely N-dealkylation sites (N-methyl/N-ethyl adjacent to an activating group) is 1. The molecule has 27 heavy (non-hydrogen) atoms. The van der Waals surface area contributed by atoms with Crippen molar-refractivity contribution in [2.75, 3.05) is 49.2 Å². The molecule has 138 valence electrons. The number of anilines is 4. The number of para-hydroxylation sites is 1. The van der Waals surface area contributed by atoms with Gasteiger partial charge in [-0.15, -0.1) is 0 Å². The Kier molecular flexibility index (Phi) is 4.89. The highest BCUT2D eigenvalue weighted by molar-refractivity contribution is 5.68. The fraction of sp³-hybridized carbons (Fsp3) is 0.238. The van der Waals surface area contributed by atoms with E-state index in [-0.39, 0.29) is 5.95 Å². The Balaban J connectivity index is 1.54. The summed E-state index contributed by atoms with van der Waals surface area (Å²) in [6.45, 7) is 4.31. The van der Waals surface area contributed by atoms with Crippen LogP contribution in [-0.4, -0.2) is 48.1 Å². The maximum Gasteiger partial charge on any atom is 0.222 e. The standard InChI is InChI=1S/C21H24N6/c1-26-11-13-27(14-12-26)18-9-7-16(8-10-18)19-15-20(25-21(22)24-19)23-17-5-3-2-4-6-17/h2-10,15H,11-14H2,1H3,(H3,22,23,24,25). The van der Waals surface area contributed by atoms with E-state index >= 15 is 0 Å². The van der Waals surface area contributed by atoms with Crippen LogP contribution in [0.1, 0.15) is 0 Å². The average Bonchev–Trinajstić information content (AvgIpc) is 2.69. The average molecular weight is 360 g/mol. The smallest absolute Gasteiger partial charge is 0.222 e. The predicted octanol–water partition coefficient (Wildman–Crippen LogP) is 3.22. The summed E-state index contributed by atoms with van der Waals surface area (Å²) in [5.41, 5.74) is 9.98. The van der Waals surface area contributed by atoms with Gasteiger partial charge in [-0.3, -0.25) is 0 Å². The van der Waals surface area contributed by atoms with Crippen molar-refractivity contribution in [2.45, 2.75) is 0 Å². The first-order chi connectivity index (χ1) is 13.2. The van der Waals surface area contributed by atoms with Crippen LogP contribution in [0.2, 0.25) is 0 Å². The van der Waals surface area contributed by atoms with Crippen LogP contribution >= 0.6 is 0 Å². The molecule has 0 amide bonds. The van der Waals surface area contributed by atoms with Crippen LogP contribution in [0.5, 0.6) is 0 Å². The van der Waals surface area contributed by atoms with Gasteiger partial charge in [-0.2, -0.15) is 4.98 Å². The van der Waals surface area contributed by atoms with Gasteiger partial charge >= 0.3 is 0 Å². The van der Waals surface area contributed by atoms with Crippen molar-refractivity contribution in [2.24, 2.45) is 0 Å². The molecule has 0 atom stereocenters. The third-order valence-electron chi connectivity index (χ3n) is 4.82. The zero-order valence-corrected chi connectivity index (χ0v) is 15.5. The fourth-order valence-electron chi connectivity index (χ4n) is 3.25. The number of hydrogen-bond donors (Lipinski definition) is 2. The molecule has 2 heterocycles. The van der Waals surface area contributed by atoms with Gasteiger partial charge in [0, 0.05) is 49.2 Å². The molecule has 0 aliphatic carbocycles. The van der Waals surface area contributed by atoms with E-state index in [0.717, 1.165) is 43.1 Å². The van der Waals surface area contributed by atoms with Crippen LogP contribution in [0, 0.1) is 0 Å². The molecule has 4 rings (SSSR count). The third-order valence-corrected chi connectivity index (χ3v) is 4.82. The molecule has 0 saturated carbocycles. The van der Waals surface area contributed by atoms with Crippen molar-refractivity contribution < 1.29 is 0 Å². The number of nitrogens with two attached hydrogens (primary N) is 1. The van der Waals surface area contributed by atoms with E-state index in [1.165, 1.54) is 5.69 Å². The van der Waals surface area contributed by atoms with Gasteiger partial charge in [-0.25, -0.2) is 4.98 Å². The summed E-state index contributed by atoms with van der Waals surface area (Å²) in [5.74, 6) is 0.945. The van der Waals surface area contributed by atoms with Crippen molar-refractivity contribution in [3.05, 3.63) is 60.7 Å². The fourth-order valence-corrected chi connectivity index (χ4v) is 3.25. The van der Waals surface area contributed by atoms with Crippen LogP contribution in [0.4, 0.5) is 23.1 Å². The molecule has 2 aromatic carbocycles. The number of nitrogen functional groups attached to an aromatic ring is 1. The first kappa shape index (κ1) is 17.3. The van der Waals surface area contributed by atoms with Crippen molar-refractivity contribution in [1.29, 1.82) is 0 Å². The second-order valence-corrected chi connectivity index (χ2v) is 6.82. The van der Waals surface area contributed by atoms with E-state index in [1.54, 1.807) is 0 Å². The minimum atomic E-state index is 0.258. The van der Waals surface area contributed by atoms with Crippen LogP contribution in [0.3, 0.4) is 0 Å². The minimum absolute atomic E-state index is 0.258. The van der Waals surface area contributed by atoms with Gasteiger partial charge in [0.05, 0.1) is 5.69 Å². The zero-order valence-electron chi connectivity index (χ0n) is 15.5. The molecule has 1 saturated heterocycles. The lowest BCUT2D eigenvalue weighted by atomic mass is 10.1. The van der Waals surface area contributed by atoms with Gasteiger partial charge in [0.1, 0.15) is 5.82 Å². The normalized spacial score (nSPS) is 14.9. The largest absolute Gasteiger partial charge is 0.369 e. The van der Waals surface area contributed by atoms with Gasteiger partial charge in [0.25, 0.3) is 0 Å². The third kappa shape index (κ3) is 4.17. The first-order valence-corrected chi connectivity index (χ1v) is 9.18. The molecular weight excluding hydrogens is 336 g/mol. The first-order valence-electron chi connectivity index (χ1n) is 9.18. The number of hydrogen-bond acceptors (Lipinski definition) is 6. The maximum absolute atomic E-state index is 5.94. The lowest BCUT2D eigenvalue weighted by Crippen LogP contribution is -2.44. The molecule has 6 heteroatoms. The van der Waals surface area contributed by atoms with E-state index in [4.69, 9.17) is 5.73 Å². The van der Waals surface area contributed by atoms with Crippen LogP contribution < -0.4 is 16.0 Å². The summed E-state index contributed by atoms with van der Waals surface area (Å²) in [4.78, 5) is 13.5. The summed E-state index contributed by atoms with van der Waals surface area (Å²) >= 11 is 0. The molecule has 6 nitrogen and oxygen atoms in total. The summed E-state index contributed by atoms with van der Waals surface area (Å²) in [6, 6.07) is 20.3. The van der Waals surface area contributed by atoms with E-state index in [0.29, 0.717) is 5.82 Å². The molecule has 1 aromatic heterocycles. The molecule has 1 fully saturated rings. The monoisotopic (exact) mass is 360 g/mol. The molecule has 3 aromatic rings. The molecular formula is C21H24N6. The topological polar surface area (TPSA) is 70.3 Å². The van der Waals surface area contributed by atoms with Gasteiger partial charge in [0.2, 0.25) is 5.95 Å². The summed E-state index contributed by atoms with van der Waals surface area (Å²) in [6.07, 6.45) is 0. The van der Waals surface area contributed by atoms with Crippen molar-refractivity contribution in [1.82, 2.24) is 14.9 Å². The van der Waals surface area contributed by atoms with Crippen LogP contribution in [-0.2, 0) is 0 Å². The highest BCUT2D eigenvalue weighted by atomic mass is 15.2. The number of rotatable bonds is 4. The number of benzene rings is 2. The van der Waals surface area contributed by atoms with Gasteiger partial charge in [0.15, 0.2) is 0 Å². The second kappa shape index (κ2) is 7.63. The minimum Gasteiger partial charge on any atom is -0.369 e. The Labute approximate surface area is 159 Å². The lowest BCUT2D eigenvalue weighted by Gasteiger charge is -2.34. The Morgan fingerprint density at radius 2 is 1.59 bits per heavy atom. The molecule has 1 aliphatic rings. The maximum atomic E-state index is 5.94. The van der Waals surface area contributed by atoms with E-state index in [2.05, 4.69) is 56.4 Å². The van der Waals surface area contributed by atoms with Crippen molar-refractivity contribution in [3.8, 4) is 11.3 Å². The quantitative estimate of drug-likeness (QED) is 0.744. The summed E-state index contributed by atoms with van der Waals surface area (Å²) < 4.78 is 0. The van der Waals surface area contributed by atoms with Gasteiger partial charge in [-0.05, 0) is 31.3 Å².